The Labute approximate surface area is 366 Å². The first kappa shape index (κ1) is 51.8. The van der Waals surface area contributed by atoms with Crippen LogP contribution in [0.2, 0.25) is 0 Å². The van der Waals surface area contributed by atoms with Gasteiger partial charge in [-0.05, 0) is 153 Å². The summed E-state index contributed by atoms with van der Waals surface area (Å²) in [6.07, 6.45) is 14.8. The number of hydrogen-bond acceptors (Lipinski definition) is 7. The molecular weight excluding hydrogens is 779 g/mol. The van der Waals surface area contributed by atoms with Crippen LogP contribution in [0.4, 0.5) is 18.4 Å². The Balaban J connectivity index is 0.000000249. The number of amides is 2. The number of nitrogens with zero attached hydrogens (tertiary/aromatic N) is 2. The fourth-order valence-corrected chi connectivity index (χ4v) is 9.26. The van der Waals surface area contributed by atoms with Crippen molar-refractivity contribution < 1.29 is 42.9 Å². The monoisotopic (exact) mass is 857 g/mol. The van der Waals surface area contributed by atoms with Crippen LogP contribution in [-0.4, -0.2) is 73.9 Å². The van der Waals surface area contributed by atoms with Crippen LogP contribution < -0.4 is 0 Å². The van der Waals surface area contributed by atoms with Crippen molar-refractivity contribution in [1.82, 2.24) is 9.80 Å². The average Bonchev–Trinajstić information content (AvgIpc) is 3.19. The summed E-state index contributed by atoms with van der Waals surface area (Å²) in [7, 11) is 0. The van der Waals surface area contributed by atoms with E-state index in [0.29, 0.717) is 17.9 Å². The third-order valence-electron chi connectivity index (χ3n) is 11.9. The number of carbonyl (C=O) groups excluding carboxylic acids is 3. The quantitative estimate of drug-likeness (QED) is 0.216. The van der Waals surface area contributed by atoms with Crippen molar-refractivity contribution in [3.05, 3.63) is 71.3 Å². The predicted octanol–water partition coefficient (Wildman–Crippen LogP) is 12.4. The van der Waals surface area contributed by atoms with Gasteiger partial charge in [0.25, 0.3) is 0 Å². The van der Waals surface area contributed by atoms with Gasteiger partial charge >= 0.3 is 12.2 Å². The molecule has 2 aliphatic heterocycles. The molecule has 61 heavy (non-hydrogen) atoms. The molecule has 0 bridgehead atoms. The maximum Gasteiger partial charge on any atom is 0.411 e. The second-order valence-electron chi connectivity index (χ2n) is 19.4. The molecule has 2 amide bonds. The molecular formula is C50H78F2N2O7. The summed E-state index contributed by atoms with van der Waals surface area (Å²) in [6, 6.07) is 11.8. The van der Waals surface area contributed by atoms with E-state index in [2.05, 4.69) is 20.8 Å². The van der Waals surface area contributed by atoms with Crippen LogP contribution >= 0.6 is 0 Å². The van der Waals surface area contributed by atoms with Gasteiger partial charge in [0, 0.05) is 12.1 Å². The summed E-state index contributed by atoms with van der Waals surface area (Å²) in [5, 5.41) is 21.2. The molecule has 8 atom stereocenters. The Bertz CT molecular complexity index is 1620. The van der Waals surface area contributed by atoms with E-state index in [1.54, 1.807) is 28.0 Å². The molecule has 3 aliphatic rings. The van der Waals surface area contributed by atoms with Crippen LogP contribution in [0.1, 0.15) is 188 Å². The number of aldehydes is 1. The van der Waals surface area contributed by atoms with Crippen molar-refractivity contribution >= 4 is 18.5 Å². The van der Waals surface area contributed by atoms with Crippen LogP contribution in [-0.2, 0) is 14.3 Å². The summed E-state index contributed by atoms with van der Waals surface area (Å²) >= 11 is 0. The molecule has 344 valence electrons. The van der Waals surface area contributed by atoms with Gasteiger partial charge in [0.05, 0.1) is 24.3 Å². The SMILES string of the molecule is CCC[C@@H]1CCC[C@H](C=O)N1C(=O)OC(C)(C)C.CCC[C@@H]1CCC[C@H]([C@@H](O)c2cccc(F)c2)C1.CCC[C@@H]1CCC[C@H]([C@@H](O)c2cccc(F)c2)N1C(=O)OC(C)(C)C. The molecule has 2 aromatic rings. The Morgan fingerprint density at radius 2 is 1.16 bits per heavy atom. The minimum atomic E-state index is -0.928. The second kappa shape index (κ2) is 24.9. The van der Waals surface area contributed by atoms with Crippen LogP contribution in [0.15, 0.2) is 48.5 Å². The number of hydrogen-bond donors (Lipinski definition) is 2. The van der Waals surface area contributed by atoms with Gasteiger partial charge in [-0.3, -0.25) is 9.80 Å². The molecule has 9 nitrogen and oxygen atoms in total. The van der Waals surface area contributed by atoms with Gasteiger partial charge in [-0.1, -0.05) is 83.6 Å². The summed E-state index contributed by atoms with van der Waals surface area (Å²) in [6.45, 7) is 17.4. The van der Waals surface area contributed by atoms with Gasteiger partial charge in [-0.15, -0.1) is 0 Å². The maximum atomic E-state index is 13.6. The Kier molecular flexibility index (Phi) is 21.1. The molecule has 2 saturated heterocycles. The number of halogens is 2. The second-order valence-corrected chi connectivity index (χ2v) is 19.4. The number of piperidine rings is 2. The van der Waals surface area contributed by atoms with Gasteiger partial charge in [-0.2, -0.15) is 0 Å². The highest BCUT2D eigenvalue weighted by Gasteiger charge is 2.40. The van der Waals surface area contributed by atoms with Crippen molar-refractivity contribution in [3.8, 4) is 0 Å². The Morgan fingerprint density at radius 1 is 0.689 bits per heavy atom. The van der Waals surface area contributed by atoms with E-state index in [-0.39, 0.29) is 35.9 Å². The normalized spacial score (nSPS) is 24.2. The largest absolute Gasteiger partial charge is 0.444 e. The van der Waals surface area contributed by atoms with Crippen molar-refractivity contribution in [3.63, 3.8) is 0 Å². The van der Waals surface area contributed by atoms with Crippen LogP contribution in [0.5, 0.6) is 0 Å². The lowest BCUT2D eigenvalue weighted by molar-refractivity contribution is -0.115. The third-order valence-corrected chi connectivity index (χ3v) is 11.9. The topological polar surface area (TPSA) is 117 Å². The van der Waals surface area contributed by atoms with Crippen LogP contribution in [0, 0.1) is 23.5 Å². The zero-order chi connectivity index (χ0) is 45.3. The number of aliphatic hydroxyl groups excluding tert-OH is 2. The number of rotatable bonds is 11. The van der Waals surface area contributed by atoms with Gasteiger partial charge < -0.3 is 24.5 Å². The van der Waals surface area contributed by atoms with E-state index in [4.69, 9.17) is 9.47 Å². The fraction of sp³-hybridized carbons (Fsp3) is 0.700. The Hall–Kier alpha value is -3.57. The molecule has 3 fully saturated rings. The summed E-state index contributed by atoms with van der Waals surface area (Å²) < 4.78 is 37.7. The minimum Gasteiger partial charge on any atom is -0.444 e. The van der Waals surface area contributed by atoms with Gasteiger partial charge in [0.1, 0.15) is 29.1 Å². The summed E-state index contributed by atoms with van der Waals surface area (Å²) in [5.41, 5.74) is 0.117. The van der Waals surface area contributed by atoms with E-state index in [1.165, 1.54) is 49.9 Å². The van der Waals surface area contributed by atoms with E-state index in [0.717, 1.165) is 88.4 Å². The lowest BCUT2D eigenvalue weighted by atomic mass is 9.76. The Morgan fingerprint density at radius 3 is 1.66 bits per heavy atom. The molecule has 2 N–H and O–H groups in total. The first-order valence-electron chi connectivity index (χ1n) is 23.2. The number of aliphatic hydroxyl groups is 2. The maximum absolute atomic E-state index is 13.6. The standard InChI is InChI=1S/C20H30FNO3.C16H23FO.C14H25NO3/c1-5-8-16-11-7-12-17(22(16)19(24)25-20(2,3)4)18(23)14-9-6-10-15(21)13-14;1-2-5-12-6-3-7-13(10-12)16(18)14-8-4-9-15(17)11-14;1-5-7-11-8-6-9-12(10-16)15(11)13(17)18-14(2,3)4/h6,9-10,13,16-18,23H,5,7-8,11-12H2,1-4H3;4,8-9,11-13,16,18H,2-3,5-7,10H2,1H3;10-12H,5-9H2,1-4H3/t16-,17-,18+;12-,13+,16-;11-,12-/m111/s1. The van der Waals surface area contributed by atoms with E-state index in [1.807, 2.05) is 47.6 Å². The minimum absolute atomic E-state index is 0.0433. The van der Waals surface area contributed by atoms with Crippen molar-refractivity contribution in [2.75, 3.05) is 0 Å². The highest BCUT2D eigenvalue weighted by atomic mass is 19.1. The number of ether oxygens (including phenoxy) is 2. The molecule has 2 heterocycles. The average molecular weight is 857 g/mol. The van der Waals surface area contributed by atoms with Gasteiger partial charge in [0.2, 0.25) is 0 Å². The predicted molar refractivity (Wildman–Crippen MR) is 238 cm³/mol. The fourth-order valence-electron chi connectivity index (χ4n) is 9.26. The van der Waals surface area contributed by atoms with Crippen molar-refractivity contribution in [2.45, 2.75) is 213 Å². The lowest BCUT2D eigenvalue weighted by Crippen LogP contribution is -2.53. The zero-order valence-corrected chi connectivity index (χ0v) is 38.7. The number of carbonyl (C=O) groups is 3. The molecule has 0 radical (unpaired) electrons. The zero-order valence-electron chi connectivity index (χ0n) is 38.7. The highest BCUT2D eigenvalue weighted by Crippen LogP contribution is 2.39. The van der Waals surface area contributed by atoms with Gasteiger partial charge in [-0.25, -0.2) is 18.4 Å². The highest BCUT2D eigenvalue weighted by molar-refractivity contribution is 5.74. The van der Waals surface area contributed by atoms with Crippen LogP contribution in [0.25, 0.3) is 0 Å². The molecule has 2 aromatic carbocycles. The van der Waals surface area contributed by atoms with Crippen molar-refractivity contribution in [1.29, 1.82) is 0 Å². The van der Waals surface area contributed by atoms with E-state index < -0.39 is 35.5 Å². The number of likely N-dealkylation sites (tertiary alicyclic amines) is 2. The smallest absolute Gasteiger partial charge is 0.411 e. The number of benzene rings is 2. The first-order chi connectivity index (χ1) is 28.8. The van der Waals surface area contributed by atoms with E-state index in [9.17, 15) is 33.4 Å². The molecule has 1 saturated carbocycles. The first-order valence-corrected chi connectivity index (χ1v) is 23.2. The lowest BCUT2D eigenvalue weighted by Gasteiger charge is -2.44. The van der Waals surface area contributed by atoms with E-state index >= 15 is 0 Å². The molecule has 0 aromatic heterocycles. The van der Waals surface area contributed by atoms with Crippen LogP contribution in [0.3, 0.4) is 0 Å². The summed E-state index contributed by atoms with van der Waals surface area (Å²) in [5.74, 6) is 0.405. The summed E-state index contributed by atoms with van der Waals surface area (Å²) in [4.78, 5) is 39.5. The molecule has 0 spiro atoms. The molecule has 0 unspecified atom stereocenters. The molecule has 1 aliphatic carbocycles. The molecule has 11 heteroatoms. The van der Waals surface area contributed by atoms with Gasteiger partial charge in [0.15, 0.2) is 0 Å². The third kappa shape index (κ3) is 16.9. The van der Waals surface area contributed by atoms with Crippen molar-refractivity contribution in [2.24, 2.45) is 11.8 Å². The molecule has 5 rings (SSSR count).